The van der Waals surface area contributed by atoms with Gasteiger partial charge in [0.25, 0.3) is 0 Å². The number of fused-ring (bicyclic) bond motifs is 2. The topological polar surface area (TPSA) is 74.6 Å². The van der Waals surface area contributed by atoms with E-state index in [1.807, 2.05) is 0 Å². The number of hydrogen-bond acceptors (Lipinski definition) is 5. The summed E-state index contributed by atoms with van der Waals surface area (Å²) in [5.41, 5.74) is 3.22. The molecule has 2 aliphatic rings. The smallest absolute Gasteiger partial charge is 0.238 e. The zero-order valence-corrected chi connectivity index (χ0v) is 17.0. The second-order valence-electron chi connectivity index (χ2n) is 7.29. The fourth-order valence-corrected chi connectivity index (χ4v) is 4.01. The Labute approximate surface area is 175 Å². The number of benzene rings is 2. The van der Waals surface area contributed by atoms with Crippen LogP contribution in [-0.4, -0.2) is 37.1 Å². The van der Waals surface area contributed by atoms with E-state index in [4.69, 9.17) is 21.1 Å². The van der Waals surface area contributed by atoms with E-state index in [1.165, 1.54) is 5.56 Å². The zero-order valence-electron chi connectivity index (χ0n) is 16.2. The summed E-state index contributed by atoms with van der Waals surface area (Å²) in [5.74, 6) is 1.41. The Bertz CT molecular complexity index is 986. The number of carbonyl (C=O) groups excluding carboxylic acids is 1. The number of anilines is 1. The molecule has 2 heterocycles. The number of ether oxygens (including phenoxy) is 2. The summed E-state index contributed by atoms with van der Waals surface area (Å²) in [7, 11) is 0. The lowest BCUT2D eigenvalue weighted by atomic mass is 9.93. The van der Waals surface area contributed by atoms with Gasteiger partial charge in [-0.25, -0.2) is 0 Å². The highest BCUT2D eigenvalue weighted by Gasteiger charge is 2.28. The number of nitrogens with zero attached hydrogens (tertiary/aromatic N) is 2. The summed E-state index contributed by atoms with van der Waals surface area (Å²) in [5, 5.41) is 12.5. The molecule has 0 saturated heterocycles. The summed E-state index contributed by atoms with van der Waals surface area (Å²) in [4.78, 5) is 14.8. The van der Waals surface area contributed by atoms with E-state index in [0.29, 0.717) is 29.5 Å². The SMILES string of the molecule is CC1c2cc3c(cc2CCN1CC(=O)Nc1cc(Cl)ccc1C#N)OCCCO3. The molecule has 150 valence electrons. The minimum atomic E-state index is -0.173. The van der Waals surface area contributed by atoms with E-state index in [1.54, 1.807) is 18.2 Å². The fraction of sp³-hybridized carbons (Fsp3) is 0.364. The molecular weight excluding hydrogens is 390 g/mol. The predicted molar refractivity (Wildman–Crippen MR) is 111 cm³/mol. The molecule has 7 heteroatoms. The first kappa shape index (κ1) is 19.6. The molecular formula is C22H22ClN3O3. The molecule has 1 unspecified atom stereocenters. The van der Waals surface area contributed by atoms with Crippen molar-refractivity contribution >= 4 is 23.2 Å². The number of amides is 1. The number of rotatable bonds is 3. The second-order valence-corrected chi connectivity index (χ2v) is 7.73. The van der Waals surface area contributed by atoms with E-state index in [9.17, 15) is 10.1 Å². The standard InChI is InChI=1S/C22H22ClN3O3/c1-14-18-11-21-20(28-7-2-8-29-21)9-15(18)5-6-26(14)13-22(27)25-19-10-17(23)4-3-16(19)12-24/h3-4,9-11,14H,2,5-8,13H2,1H3,(H,25,27). The van der Waals surface area contributed by atoms with Gasteiger partial charge in [0.1, 0.15) is 6.07 Å². The van der Waals surface area contributed by atoms with Crippen LogP contribution in [0.15, 0.2) is 30.3 Å². The Morgan fingerprint density at radius 3 is 2.79 bits per heavy atom. The minimum absolute atomic E-state index is 0.0662. The minimum Gasteiger partial charge on any atom is -0.490 e. The van der Waals surface area contributed by atoms with Crippen LogP contribution in [0.5, 0.6) is 11.5 Å². The summed E-state index contributed by atoms with van der Waals surface area (Å²) < 4.78 is 11.6. The quantitative estimate of drug-likeness (QED) is 0.828. The third kappa shape index (κ3) is 4.16. The van der Waals surface area contributed by atoms with Crippen molar-refractivity contribution in [2.75, 3.05) is 31.6 Å². The van der Waals surface area contributed by atoms with Gasteiger partial charge in [-0.15, -0.1) is 0 Å². The number of hydrogen-bond donors (Lipinski definition) is 1. The van der Waals surface area contributed by atoms with Crippen LogP contribution < -0.4 is 14.8 Å². The highest BCUT2D eigenvalue weighted by atomic mass is 35.5. The molecule has 6 nitrogen and oxygen atoms in total. The molecule has 0 bridgehead atoms. The van der Waals surface area contributed by atoms with Gasteiger partial charge >= 0.3 is 0 Å². The maximum Gasteiger partial charge on any atom is 0.238 e. The molecule has 2 aromatic carbocycles. The van der Waals surface area contributed by atoms with Gasteiger partial charge in [-0.3, -0.25) is 9.69 Å². The fourth-order valence-electron chi connectivity index (χ4n) is 3.83. The van der Waals surface area contributed by atoms with E-state index >= 15 is 0 Å². The van der Waals surface area contributed by atoms with E-state index in [0.717, 1.165) is 36.4 Å². The summed E-state index contributed by atoms with van der Waals surface area (Å²) >= 11 is 6.00. The number of carbonyl (C=O) groups is 1. The Morgan fingerprint density at radius 2 is 2.03 bits per heavy atom. The molecule has 29 heavy (non-hydrogen) atoms. The Kier molecular flexibility index (Phi) is 5.61. The first-order chi connectivity index (χ1) is 14.0. The van der Waals surface area contributed by atoms with Crippen molar-refractivity contribution in [2.24, 2.45) is 0 Å². The van der Waals surface area contributed by atoms with Crippen LogP contribution in [0.2, 0.25) is 5.02 Å². The lowest BCUT2D eigenvalue weighted by molar-refractivity contribution is -0.117. The molecule has 0 radical (unpaired) electrons. The average Bonchev–Trinajstić information content (AvgIpc) is 2.94. The number of nitriles is 1. The Morgan fingerprint density at radius 1 is 1.28 bits per heavy atom. The Hall–Kier alpha value is -2.75. The number of nitrogens with one attached hydrogen (secondary N) is 1. The molecule has 1 N–H and O–H groups in total. The molecule has 2 aliphatic heterocycles. The molecule has 1 atom stereocenters. The second kappa shape index (κ2) is 8.32. The van der Waals surface area contributed by atoms with Crippen LogP contribution in [0.4, 0.5) is 5.69 Å². The van der Waals surface area contributed by atoms with Gasteiger partial charge in [-0.1, -0.05) is 11.6 Å². The van der Waals surface area contributed by atoms with Crippen LogP contribution in [0.1, 0.15) is 36.1 Å². The number of halogens is 1. The lowest BCUT2D eigenvalue weighted by Gasteiger charge is -2.35. The van der Waals surface area contributed by atoms with E-state index in [-0.39, 0.29) is 18.5 Å². The van der Waals surface area contributed by atoms with Crippen molar-refractivity contribution < 1.29 is 14.3 Å². The highest BCUT2D eigenvalue weighted by molar-refractivity contribution is 6.31. The monoisotopic (exact) mass is 411 g/mol. The lowest BCUT2D eigenvalue weighted by Crippen LogP contribution is -2.39. The van der Waals surface area contributed by atoms with Gasteiger partial charge in [-0.05, 0) is 54.8 Å². The van der Waals surface area contributed by atoms with Crippen LogP contribution >= 0.6 is 11.6 Å². The van der Waals surface area contributed by atoms with Crippen molar-refractivity contribution in [1.82, 2.24) is 4.90 Å². The van der Waals surface area contributed by atoms with Crippen molar-refractivity contribution in [3.8, 4) is 17.6 Å². The average molecular weight is 412 g/mol. The van der Waals surface area contributed by atoms with Crippen LogP contribution in [0, 0.1) is 11.3 Å². The molecule has 0 spiro atoms. The first-order valence-corrected chi connectivity index (χ1v) is 10.1. The zero-order chi connectivity index (χ0) is 20.4. The molecule has 4 rings (SSSR count). The highest BCUT2D eigenvalue weighted by Crippen LogP contribution is 2.39. The van der Waals surface area contributed by atoms with Crippen LogP contribution in [-0.2, 0) is 11.2 Å². The Balaban J connectivity index is 1.49. The summed E-state index contributed by atoms with van der Waals surface area (Å²) in [6.07, 6.45) is 1.71. The van der Waals surface area contributed by atoms with Gasteiger partial charge < -0.3 is 14.8 Å². The van der Waals surface area contributed by atoms with E-state index < -0.39 is 0 Å². The summed E-state index contributed by atoms with van der Waals surface area (Å²) in [6.45, 7) is 4.40. The molecule has 0 fully saturated rings. The van der Waals surface area contributed by atoms with Crippen molar-refractivity contribution in [3.63, 3.8) is 0 Å². The third-order valence-corrected chi connectivity index (χ3v) is 5.63. The normalized spacial score (nSPS) is 18.3. The summed E-state index contributed by atoms with van der Waals surface area (Å²) in [6, 6.07) is 11.1. The van der Waals surface area contributed by atoms with Crippen molar-refractivity contribution in [1.29, 1.82) is 5.26 Å². The van der Waals surface area contributed by atoms with Gasteiger partial charge in [0.2, 0.25) is 5.91 Å². The molecule has 2 aromatic rings. The van der Waals surface area contributed by atoms with Crippen molar-refractivity contribution in [2.45, 2.75) is 25.8 Å². The van der Waals surface area contributed by atoms with E-state index in [2.05, 4.69) is 35.3 Å². The van der Waals surface area contributed by atoms with Gasteiger partial charge in [-0.2, -0.15) is 5.26 Å². The first-order valence-electron chi connectivity index (χ1n) is 9.71. The molecule has 1 amide bonds. The maximum absolute atomic E-state index is 12.6. The van der Waals surface area contributed by atoms with Gasteiger partial charge in [0.05, 0.1) is 31.0 Å². The molecule has 0 aliphatic carbocycles. The molecule has 0 saturated carbocycles. The van der Waals surface area contributed by atoms with Crippen LogP contribution in [0.25, 0.3) is 0 Å². The van der Waals surface area contributed by atoms with Crippen LogP contribution in [0.3, 0.4) is 0 Å². The maximum atomic E-state index is 12.6. The third-order valence-electron chi connectivity index (χ3n) is 5.40. The van der Waals surface area contributed by atoms with Crippen molar-refractivity contribution in [3.05, 3.63) is 52.0 Å². The van der Waals surface area contributed by atoms with Gasteiger partial charge in [0, 0.05) is 24.0 Å². The predicted octanol–water partition coefficient (Wildman–Crippen LogP) is 3.93. The van der Waals surface area contributed by atoms with Gasteiger partial charge in [0.15, 0.2) is 11.5 Å². The largest absolute Gasteiger partial charge is 0.490 e. The molecule has 0 aromatic heterocycles.